The summed E-state index contributed by atoms with van der Waals surface area (Å²) in [7, 11) is 1.77. The highest BCUT2D eigenvalue weighted by molar-refractivity contribution is 5.97. The summed E-state index contributed by atoms with van der Waals surface area (Å²) in [6.07, 6.45) is 1.73. The summed E-state index contributed by atoms with van der Waals surface area (Å²) in [5.74, 6) is -0.0617. The van der Waals surface area contributed by atoms with Crippen LogP contribution in [0.2, 0.25) is 0 Å². The predicted octanol–water partition coefficient (Wildman–Crippen LogP) is 3.00. The van der Waals surface area contributed by atoms with E-state index < -0.39 is 0 Å². The van der Waals surface area contributed by atoms with Gasteiger partial charge in [0.2, 0.25) is 0 Å². The molecule has 2 aromatic carbocycles. The van der Waals surface area contributed by atoms with E-state index in [0.717, 1.165) is 16.5 Å². The van der Waals surface area contributed by atoms with Crippen molar-refractivity contribution in [2.45, 2.75) is 0 Å². The fourth-order valence-electron chi connectivity index (χ4n) is 2.15. The number of aryl methyl sites for hydroxylation is 1. The van der Waals surface area contributed by atoms with E-state index in [0.29, 0.717) is 5.69 Å². The first kappa shape index (κ1) is 11.5. The fraction of sp³-hybridized carbons (Fsp3) is 0.0625. The second-order valence-electron chi connectivity index (χ2n) is 4.40. The van der Waals surface area contributed by atoms with E-state index in [2.05, 4.69) is 4.99 Å². The number of benzene rings is 2. The lowest BCUT2D eigenvalue weighted by Gasteiger charge is -2.08. The molecule has 0 bridgehead atoms. The van der Waals surface area contributed by atoms with Gasteiger partial charge in [-0.05, 0) is 17.5 Å². The van der Waals surface area contributed by atoms with E-state index in [4.69, 9.17) is 0 Å². The van der Waals surface area contributed by atoms with Gasteiger partial charge < -0.3 is 9.67 Å². The van der Waals surface area contributed by atoms with E-state index in [-0.39, 0.29) is 5.88 Å². The summed E-state index contributed by atoms with van der Waals surface area (Å²) in [4.78, 5) is 4.37. The normalized spacial score (nSPS) is 11.4. The molecule has 0 atom stereocenters. The minimum atomic E-state index is -0.0617. The van der Waals surface area contributed by atoms with Crippen molar-refractivity contribution in [3.8, 4) is 5.88 Å². The SMILES string of the molecule is Cn1c([O-])c(N=Cc2ccccc2)c2ccccc21. The van der Waals surface area contributed by atoms with Crippen LogP contribution < -0.4 is 5.11 Å². The molecule has 1 aromatic heterocycles. The van der Waals surface area contributed by atoms with Gasteiger partial charge in [0.15, 0.2) is 0 Å². The molecule has 0 spiro atoms. The largest absolute Gasteiger partial charge is 0.859 e. The molecule has 1 heterocycles. The molecule has 3 nitrogen and oxygen atoms in total. The number of aromatic nitrogens is 1. The van der Waals surface area contributed by atoms with E-state index in [1.165, 1.54) is 0 Å². The molecular weight excluding hydrogens is 236 g/mol. The zero-order valence-electron chi connectivity index (χ0n) is 10.6. The molecule has 0 aliphatic rings. The number of nitrogens with zero attached hydrogens (tertiary/aromatic N) is 2. The first-order chi connectivity index (χ1) is 9.27. The topological polar surface area (TPSA) is 40.3 Å². The van der Waals surface area contributed by atoms with Crippen molar-refractivity contribution in [2.24, 2.45) is 12.0 Å². The molecule has 0 radical (unpaired) electrons. The highest BCUT2D eigenvalue weighted by atomic mass is 16.3. The highest BCUT2D eigenvalue weighted by Gasteiger charge is 2.06. The Morgan fingerprint density at radius 2 is 1.68 bits per heavy atom. The van der Waals surface area contributed by atoms with E-state index >= 15 is 0 Å². The molecule has 19 heavy (non-hydrogen) atoms. The van der Waals surface area contributed by atoms with Gasteiger partial charge in [-0.1, -0.05) is 48.5 Å². The van der Waals surface area contributed by atoms with Crippen LogP contribution in [0.5, 0.6) is 5.88 Å². The van der Waals surface area contributed by atoms with Gasteiger partial charge in [-0.2, -0.15) is 0 Å². The van der Waals surface area contributed by atoms with Crippen molar-refractivity contribution in [3.63, 3.8) is 0 Å². The summed E-state index contributed by atoms with van der Waals surface area (Å²) in [5, 5.41) is 13.0. The predicted molar refractivity (Wildman–Crippen MR) is 76.1 cm³/mol. The van der Waals surface area contributed by atoms with Crippen LogP contribution in [0.4, 0.5) is 5.69 Å². The Balaban J connectivity index is 2.11. The second-order valence-corrected chi connectivity index (χ2v) is 4.40. The third kappa shape index (κ3) is 1.99. The van der Waals surface area contributed by atoms with Crippen LogP contribution in [0.25, 0.3) is 10.9 Å². The maximum absolute atomic E-state index is 12.2. The maximum Gasteiger partial charge on any atom is 0.0809 e. The Labute approximate surface area is 111 Å². The lowest BCUT2D eigenvalue weighted by molar-refractivity contribution is -0.276. The van der Waals surface area contributed by atoms with Crippen LogP contribution in [0.1, 0.15) is 5.56 Å². The van der Waals surface area contributed by atoms with Crippen molar-refractivity contribution < 1.29 is 5.11 Å². The molecule has 0 amide bonds. The minimum Gasteiger partial charge on any atom is -0.859 e. The van der Waals surface area contributed by atoms with Crippen molar-refractivity contribution in [1.82, 2.24) is 4.57 Å². The molecule has 0 aliphatic carbocycles. The number of rotatable bonds is 2. The van der Waals surface area contributed by atoms with Crippen molar-refractivity contribution in [2.75, 3.05) is 0 Å². The Morgan fingerprint density at radius 3 is 2.47 bits per heavy atom. The van der Waals surface area contributed by atoms with Crippen LogP contribution >= 0.6 is 0 Å². The van der Waals surface area contributed by atoms with Gasteiger partial charge in [-0.15, -0.1) is 0 Å². The smallest absolute Gasteiger partial charge is 0.0809 e. The lowest BCUT2D eigenvalue weighted by Crippen LogP contribution is -1.98. The standard InChI is InChI=1S/C16H14N2O/c1-18-14-10-6-5-9-13(14)15(16(18)19)17-11-12-7-3-2-4-8-12/h2-11,19H,1H3/p-1. The Kier molecular flexibility index (Phi) is 2.80. The average Bonchev–Trinajstić information content (AvgIpc) is 2.71. The van der Waals surface area contributed by atoms with Gasteiger partial charge >= 0.3 is 0 Å². The third-order valence-electron chi connectivity index (χ3n) is 3.17. The molecule has 94 valence electrons. The second kappa shape index (κ2) is 4.61. The van der Waals surface area contributed by atoms with Gasteiger partial charge in [-0.3, -0.25) is 4.99 Å². The summed E-state index contributed by atoms with van der Waals surface area (Å²) in [6.45, 7) is 0. The first-order valence-electron chi connectivity index (χ1n) is 6.11. The van der Waals surface area contributed by atoms with Crippen LogP contribution in [-0.2, 0) is 7.05 Å². The maximum atomic E-state index is 12.2. The molecule has 0 saturated carbocycles. The van der Waals surface area contributed by atoms with E-state index in [9.17, 15) is 5.11 Å². The lowest BCUT2D eigenvalue weighted by atomic mass is 10.2. The highest BCUT2D eigenvalue weighted by Crippen LogP contribution is 2.35. The van der Waals surface area contributed by atoms with Crippen LogP contribution in [0, 0.1) is 0 Å². The van der Waals surface area contributed by atoms with Gasteiger partial charge in [0, 0.05) is 24.2 Å². The summed E-state index contributed by atoms with van der Waals surface area (Å²) >= 11 is 0. The number of hydrogen-bond donors (Lipinski definition) is 0. The number of aliphatic imine (C=N–C) groups is 1. The molecule has 0 saturated heterocycles. The van der Waals surface area contributed by atoms with Crippen LogP contribution in [0.3, 0.4) is 0 Å². The third-order valence-corrected chi connectivity index (χ3v) is 3.17. The summed E-state index contributed by atoms with van der Waals surface area (Å²) < 4.78 is 1.63. The summed E-state index contributed by atoms with van der Waals surface area (Å²) in [6, 6.07) is 17.5. The van der Waals surface area contributed by atoms with Crippen LogP contribution in [-0.4, -0.2) is 10.8 Å². The first-order valence-corrected chi connectivity index (χ1v) is 6.11. The molecular formula is C16H13N2O-. The molecule has 0 fully saturated rings. The molecule has 3 aromatic rings. The zero-order chi connectivity index (χ0) is 13.2. The number of hydrogen-bond acceptors (Lipinski definition) is 2. The van der Waals surface area contributed by atoms with Crippen LogP contribution in [0.15, 0.2) is 59.6 Å². The van der Waals surface area contributed by atoms with E-state index in [1.54, 1.807) is 17.8 Å². The van der Waals surface area contributed by atoms with Gasteiger partial charge in [0.25, 0.3) is 0 Å². The molecule has 3 rings (SSSR count). The Bertz CT molecular complexity index is 742. The number of para-hydroxylation sites is 1. The average molecular weight is 249 g/mol. The zero-order valence-corrected chi connectivity index (χ0v) is 10.6. The monoisotopic (exact) mass is 249 g/mol. The van der Waals surface area contributed by atoms with Gasteiger partial charge in [-0.25, -0.2) is 0 Å². The number of fused-ring (bicyclic) bond motifs is 1. The van der Waals surface area contributed by atoms with Crippen molar-refractivity contribution in [3.05, 3.63) is 60.2 Å². The quantitative estimate of drug-likeness (QED) is 0.643. The molecule has 0 aliphatic heterocycles. The Morgan fingerprint density at radius 1 is 1.00 bits per heavy atom. The fourth-order valence-corrected chi connectivity index (χ4v) is 2.15. The van der Waals surface area contributed by atoms with Gasteiger partial charge in [0.1, 0.15) is 0 Å². The molecule has 0 unspecified atom stereocenters. The van der Waals surface area contributed by atoms with Crippen molar-refractivity contribution in [1.29, 1.82) is 0 Å². The molecule has 3 heteroatoms. The summed E-state index contributed by atoms with van der Waals surface area (Å²) in [5.41, 5.74) is 2.39. The van der Waals surface area contributed by atoms with Gasteiger partial charge in [0.05, 0.1) is 5.69 Å². The van der Waals surface area contributed by atoms with Crippen molar-refractivity contribution >= 4 is 22.8 Å². The Hall–Kier alpha value is -2.55. The molecule has 0 N–H and O–H groups in total. The van der Waals surface area contributed by atoms with E-state index in [1.807, 2.05) is 54.6 Å². The minimum absolute atomic E-state index is 0.0617.